The number of hydrogen-bond donors (Lipinski definition) is 1. The maximum Gasteiger partial charge on any atom is 0.0250 e. The topological polar surface area (TPSA) is 18.5 Å². The molecule has 0 aromatic heterocycles. The molecule has 1 N–H and O–H groups in total. The van der Waals surface area contributed by atoms with E-state index in [1.165, 1.54) is 51.9 Å². The predicted octanol–water partition coefficient (Wildman–Crippen LogP) is 0.764. The minimum absolute atomic E-state index is 0.787. The molecule has 0 radical (unpaired) electrons. The number of piperazine rings is 1. The van der Waals surface area contributed by atoms with Crippen molar-refractivity contribution in [3.63, 3.8) is 0 Å². The van der Waals surface area contributed by atoms with Gasteiger partial charge in [0.1, 0.15) is 0 Å². The molecule has 0 unspecified atom stereocenters. The number of nitrogens with zero attached hydrogens (tertiary/aromatic N) is 2. The number of rotatable bonds is 3. The number of fused-ring (bicyclic) bond motifs is 1. The van der Waals surface area contributed by atoms with Gasteiger partial charge in [-0.2, -0.15) is 0 Å². The van der Waals surface area contributed by atoms with E-state index in [-0.39, 0.29) is 0 Å². The average Bonchev–Trinajstić information content (AvgIpc) is 2.26. The summed E-state index contributed by atoms with van der Waals surface area (Å²) in [5.41, 5.74) is 0. The van der Waals surface area contributed by atoms with Crippen LogP contribution in [0, 0.1) is 0 Å². The molecule has 0 spiro atoms. The number of nitrogens with one attached hydrogen (secondary N) is 1. The molecule has 0 aromatic rings. The van der Waals surface area contributed by atoms with Crippen molar-refractivity contribution in [3.05, 3.63) is 0 Å². The minimum Gasteiger partial charge on any atom is -0.311 e. The van der Waals surface area contributed by atoms with E-state index in [9.17, 15) is 0 Å². The van der Waals surface area contributed by atoms with Gasteiger partial charge in [-0.15, -0.1) is 0 Å². The van der Waals surface area contributed by atoms with E-state index >= 15 is 0 Å². The Labute approximate surface area is 93.8 Å². The SMILES string of the molecule is CN(C)CCN1CCN[C@@H]2CCCC[C@H]21. The van der Waals surface area contributed by atoms with Crippen molar-refractivity contribution in [2.24, 2.45) is 0 Å². The Balaban J connectivity index is 1.86. The lowest BCUT2D eigenvalue weighted by Crippen LogP contribution is -2.59. The molecule has 1 saturated heterocycles. The van der Waals surface area contributed by atoms with Crippen LogP contribution in [-0.2, 0) is 0 Å². The molecule has 88 valence electrons. The summed E-state index contributed by atoms with van der Waals surface area (Å²) in [7, 11) is 4.33. The monoisotopic (exact) mass is 211 g/mol. The molecule has 0 aromatic carbocycles. The van der Waals surface area contributed by atoms with Crippen molar-refractivity contribution in [3.8, 4) is 0 Å². The van der Waals surface area contributed by atoms with Gasteiger partial charge in [-0.05, 0) is 26.9 Å². The Kier molecular flexibility index (Phi) is 4.00. The van der Waals surface area contributed by atoms with Crippen LogP contribution in [0.2, 0.25) is 0 Å². The van der Waals surface area contributed by atoms with Crippen LogP contribution < -0.4 is 5.32 Å². The first-order valence-corrected chi connectivity index (χ1v) is 6.39. The van der Waals surface area contributed by atoms with Crippen molar-refractivity contribution in [1.82, 2.24) is 15.1 Å². The molecular formula is C12H25N3. The predicted molar refractivity (Wildman–Crippen MR) is 64.2 cm³/mol. The second kappa shape index (κ2) is 5.28. The fraction of sp³-hybridized carbons (Fsp3) is 1.00. The van der Waals surface area contributed by atoms with E-state index in [2.05, 4.69) is 29.2 Å². The zero-order valence-corrected chi connectivity index (χ0v) is 10.2. The van der Waals surface area contributed by atoms with E-state index in [1.54, 1.807) is 0 Å². The Morgan fingerprint density at radius 1 is 1.27 bits per heavy atom. The van der Waals surface area contributed by atoms with Crippen LogP contribution in [0.25, 0.3) is 0 Å². The zero-order chi connectivity index (χ0) is 10.7. The quantitative estimate of drug-likeness (QED) is 0.744. The van der Waals surface area contributed by atoms with Gasteiger partial charge in [-0.1, -0.05) is 12.8 Å². The molecule has 2 rings (SSSR count). The fourth-order valence-electron chi connectivity index (χ4n) is 2.95. The third-order valence-corrected chi connectivity index (χ3v) is 3.84. The van der Waals surface area contributed by atoms with Gasteiger partial charge in [0.2, 0.25) is 0 Å². The second-order valence-electron chi connectivity index (χ2n) is 5.25. The zero-order valence-electron chi connectivity index (χ0n) is 10.2. The second-order valence-corrected chi connectivity index (χ2v) is 5.25. The van der Waals surface area contributed by atoms with Crippen LogP contribution in [0.1, 0.15) is 25.7 Å². The molecule has 3 nitrogen and oxygen atoms in total. The summed E-state index contributed by atoms with van der Waals surface area (Å²) < 4.78 is 0. The molecule has 1 aliphatic carbocycles. The largest absolute Gasteiger partial charge is 0.311 e. The summed E-state index contributed by atoms with van der Waals surface area (Å²) in [5.74, 6) is 0. The molecule has 1 saturated carbocycles. The Morgan fingerprint density at radius 3 is 2.87 bits per heavy atom. The van der Waals surface area contributed by atoms with Crippen molar-refractivity contribution in [2.45, 2.75) is 37.8 Å². The van der Waals surface area contributed by atoms with Crippen LogP contribution in [0.4, 0.5) is 0 Å². The maximum atomic E-state index is 3.68. The highest BCUT2D eigenvalue weighted by atomic mass is 15.3. The van der Waals surface area contributed by atoms with E-state index in [1.807, 2.05) is 0 Å². The van der Waals surface area contributed by atoms with Crippen molar-refractivity contribution >= 4 is 0 Å². The highest BCUT2D eigenvalue weighted by molar-refractivity contribution is 4.92. The normalized spacial score (nSPS) is 33.0. The summed E-state index contributed by atoms with van der Waals surface area (Å²) in [6.07, 6.45) is 5.66. The summed E-state index contributed by atoms with van der Waals surface area (Å²) in [4.78, 5) is 5.00. The summed E-state index contributed by atoms with van der Waals surface area (Å²) in [6.45, 7) is 4.88. The van der Waals surface area contributed by atoms with Crippen LogP contribution in [0.15, 0.2) is 0 Å². The Morgan fingerprint density at radius 2 is 2.07 bits per heavy atom. The van der Waals surface area contributed by atoms with Crippen LogP contribution in [0.5, 0.6) is 0 Å². The number of hydrogen-bond acceptors (Lipinski definition) is 3. The van der Waals surface area contributed by atoms with Gasteiger partial charge in [0.05, 0.1) is 0 Å². The molecule has 1 aliphatic heterocycles. The van der Waals surface area contributed by atoms with Crippen molar-refractivity contribution in [2.75, 3.05) is 40.3 Å². The third-order valence-electron chi connectivity index (χ3n) is 3.84. The lowest BCUT2D eigenvalue weighted by molar-refractivity contribution is 0.0819. The van der Waals surface area contributed by atoms with Gasteiger partial charge in [0, 0.05) is 38.3 Å². The van der Waals surface area contributed by atoms with Gasteiger partial charge in [-0.25, -0.2) is 0 Å². The van der Waals surface area contributed by atoms with Crippen molar-refractivity contribution in [1.29, 1.82) is 0 Å². The Bertz CT molecular complexity index is 191. The first kappa shape index (κ1) is 11.4. The summed E-state index contributed by atoms with van der Waals surface area (Å²) in [6, 6.07) is 1.61. The molecule has 0 bridgehead atoms. The van der Waals surface area contributed by atoms with Gasteiger partial charge >= 0.3 is 0 Å². The Hall–Kier alpha value is -0.120. The highest BCUT2D eigenvalue weighted by Gasteiger charge is 2.32. The summed E-state index contributed by atoms with van der Waals surface area (Å²) >= 11 is 0. The smallest absolute Gasteiger partial charge is 0.0250 e. The lowest BCUT2D eigenvalue weighted by atomic mass is 9.87. The lowest BCUT2D eigenvalue weighted by Gasteiger charge is -2.45. The van der Waals surface area contributed by atoms with Gasteiger partial charge in [0.15, 0.2) is 0 Å². The summed E-state index contributed by atoms with van der Waals surface area (Å²) in [5, 5.41) is 3.68. The minimum atomic E-state index is 0.787. The average molecular weight is 211 g/mol. The highest BCUT2D eigenvalue weighted by Crippen LogP contribution is 2.25. The molecule has 2 aliphatic rings. The van der Waals surface area contributed by atoms with Crippen LogP contribution >= 0.6 is 0 Å². The molecule has 2 fully saturated rings. The first-order chi connectivity index (χ1) is 7.27. The molecule has 3 heteroatoms. The first-order valence-electron chi connectivity index (χ1n) is 6.39. The molecular weight excluding hydrogens is 186 g/mol. The van der Waals surface area contributed by atoms with Crippen LogP contribution in [-0.4, -0.2) is 62.2 Å². The van der Waals surface area contributed by atoms with Crippen molar-refractivity contribution < 1.29 is 0 Å². The molecule has 0 amide bonds. The fourth-order valence-corrected chi connectivity index (χ4v) is 2.95. The van der Waals surface area contributed by atoms with Gasteiger partial charge in [0.25, 0.3) is 0 Å². The number of likely N-dealkylation sites (N-methyl/N-ethyl adjacent to an activating group) is 1. The molecule has 15 heavy (non-hydrogen) atoms. The van der Waals surface area contributed by atoms with Gasteiger partial charge in [-0.3, -0.25) is 4.90 Å². The van der Waals surface area contributed by atoms with E-state index in [0.717, 1.165) is 12.1 Å². The van der Waals surface area contributed by atoms with Gasteiger partial charge < -0.3 is 10.2 Å². The third kappa shape index (κ3) is 2.92. The van der Waals surface area contributed by atoms with E-state index < -0.39 is 0 Å². The van der Waals surface area contributed by atoms with E-state index in [4.69, 9.17) is 0 Å². The molecule has 2 atom stereocenters. The standard InChI is InChI=1S/C12H25N3/c1-14(2)9-10-15-8-7-13-11-5-3-4-6-12(11)15/h11-13H,3-10H2,1-2H3/t11-,12-/m1/s1. The van der Waals surface area contributed by atoms with E-state index in [0.29, 0.717) is 0 Å². The van der Waals surface area contributed by atoms with Crippen LogP contribution in [0.3, 0.4) is 0 Å². The maximum absolute atomic E-state index is 3.68. The molecule has 1 heterocycles.